The summed E-state index contributed by atoms with van der Waals surface area (Å²) < 4.78 is 14.5. The van der Waals surface area contributed by atoms with E-state index in [1.54, 1.807) is 12.1 Å². The van der Waals surface area contributed by atoms with Crippen LogP contribution in [-0.2, 0) is 6.61 Å². The predicted molar refractivity (Wildman–Crippen MR) is 74.0 cm³/mol. The number of ether oxygens (including phenoxy) is 1. The fraction of sp³-hybridized carbons (Fsp3) is 0.0909. The molecule has 1 aromatic carbocycles. The highest BCUT2D eigenvalue weighted by atomic mass is 35.5. The van der Waals surface area contributed by atoms with Gasteiger partial charge in [-0.2, -0.15) is 4.98 Å². The number of aromatic nitrogens is 4. The average Bonchev–Trinajstić information content (AvgIpc) is 3.06. The predicted octanol–water partition coefficient (Wildman–Crippen LogP) is 3.47. The molecule has 0 amide bonds. The summed E-state index contributed by atoms with van der Waals surface area (Å²) in [5.41, 5.74) is 1.19. The number of hydrogen-bond donors (Lipinski definition) is 0. The first kappa shape index (κ1) is 13.3. The van der Waals surface area contributed by atoms with Gasteiger partial charge in [0.25, 0.3) is 0 Å². The Morgan fingerprint density at radius 1 is 1.25 bits per heavy atom. The normalized spacial score (nSPS) is 10.7. The zero-order valence-electron chi connectivity index (χ0n) is 9.79. The van der Waals surface area contributed by atoms with Gasteiger partial charge in [-0.15, -0.1) is 5.10 Å². The van der Waals surface area contributed by atoms with Crippen molar-refractivity contribution < 1.29 is 9.26 Å². The Morgan fingerprint density at radius 2 is 2.10 bits per heavy atom. The molecule has 0 aliphatic rings. The molecule has 9 heteroatoms. The molecule has 0 aliphatic carbocycles. The molecule has 0 fully saturated rings. The first-order chi connectivity index (χ1) is 9.74. The Hall–Kier alpha value is -1.70. The van der Waals surface area contributed by atoms with Gasteiger partial charge in [-0.05, 0) is 12.1 Å². The molecule has 0 bridgehead atoms. The second kappa shape index (κ2) is 5.74. The van der Waals surface area contributed by atoms with Crippen LogP contribution in [0, 0.1) is 0 Å². The maximum Gasteiger partial charge on any atom is 0.418 e. The van der Waals surface area contributed by atoms with Gasteiger partial charge in [-0.25, -0.2) is 0 Å². The van der Waals surface area contributed by atoms with Gasteiger partial charge in [-0.1, -0.05) is 45.0 Å². The Kier molecular flexibility index (Phi) is 3.81. The molecule has 20 heavy (non-hydrogen) atoms. The third kappa shape index (κ3) is 2.74. The van der Waals surface area contributed by atoms with Crippen LogP contribution < -0.4 is 4.74 Å². The van der Waals surface area contributed by atoms with Gasteiger partial charge in [0.1, 0.15) is 16.6 Å². The van der Waals surface area contributed by atoms with Crippen LogP contribution in [0.4, 0.5) is 0 Å². The molecule has 0 spiro atoms. The molecule has 0 atom stereocenters. The Bertz CT molecular complexity index is 731. The van der Waals surface area contributed by atoms with E-state index in [4.69, 9.17) is 32.5 Å². The average molecular weight is 329 g/mol. The molecule has 0 saturated heterocycles. The minimum absolute atomic E-state index is 0.0176. The van der Waals surface area contributed by atoms with Crippen molar-refractivity contribution in [3.63, 3.8) is 0 Å². The molecule has 3 rings (SSSR count). The van der Waals surface area contributed by atoms with Crippen LogP contribution >= 0.6 is 34.7 Å². The van der Waals surface area contributed by atoms with Gasteiger partial charge >= 0.3 is 6.08 Å². The zero-order chi connectivity index (χ0) is 13.9. The molecule has 102 valence electrons. The maximum absolute atomic E-state index is 6.05. The second-order valence-corrected chi connectivity index (χ2v) is 5.41. The molecule has 0 saturated carbocycles. The van der Waals surface area contributed by atoms with Crippen molar-refractivity contribution >= 4 is 34.7 Å². The van der Waals surface area contributed by atoms with Crippen LogP contribution in [0.1, 0.15) is 5.69 Å². The van der Waals surface area contributed by atoms with Crippen LogP contribution in [0.2, 0.25) is 9.36 Å². The monoisotopic (exact) mass is 328 g/mol. The lowest BCUT2D eigenvalue weighted by Gasteiger charge is -1.97. The highest BCUT2D eigenvalue weighted by Crippen LogP contribution is 2.26. The van der Waals surface area contributed by atoms with E-state index in [9.17, 15) is 0 Å². The van der Waals surface area contributed by atoms with E-state index in [0.717, 1.165) is 11.5 Å². The van der Waals surface area contributed by atoms with E-state index in [1.165, 1.54) is 0 Å². The molecule has 6 nitrogen and oxygen atoms in total. The van der Waals surface area contributed by atoms with Crippen LogP contribution in [-0.4, -0.2) is 19.7 Å². The Balaban J connectivity index is 1.74. The first-order valence-corrected chi connectivity index (χ1v) is 6.95. The smallest absolute Gasteiger partial charge is 0.418 e. The summed E-state index contributed by atoms with van der Waals surface area (Å²) in [7, 11) is 0. The van der Waals surface area contributed by atoms with E-state index in [0.29, 0.717) is 26.4 Å². The highest BCUT2D eigenvalue weighted by Gasteiger charge is 2.13. The van der Waals surface area contributed by atoms with Gasteiger partial charge in [-0.3, -0.25) is 4.52 Å². The van der Waals surface area contributed by atoms with Crippen molar-refractivity contribution in [2.75, 3.05) is 0 Å². The molecule has 0 radical (unpaired) electrons. The topological polar surface area (TPSA) is 73.9 Å². The van der Waals surface area contributed by atoms with Gasteiger partial charge in [0.05, 0.1) is 5.02 Å². The molecule has 0 N–H and O–H groups in total. The second-order valence-electron chi connectivity index (χ2n) is 3.65. The number of hydrogen-bond acceptors (Lipinski definition) is 7. The first-order valence-electron chi connectivity index (χ1n) is 5.42. The summed E-state index contributed by atoms with van der Waals surface area (Å²) in [6, 6.07) is 7.19. The number of halogens is 2. The van der Waals surface area contributed by atoms with Crippen molar-refractivity contribution in [1.29, 1.82) is 0 Å². The molecule has 2 aromatic heterocycles. The largest absolute Gasteiger partial charge is 0.442 e. The standard InChI is InChI=1S/C11H6Cl2N4O2S/c12-7-4-2-1-3-6(7)10-14-11(19-16-10)18-5-8-9(13)20-17-15-8/h1-4H,5H2. The number of rotatable bonds is 4. The lowest BCUT2D eigenvalue weighted by molar-refractivity contribution is 0.193. The molecule has 2 heterocycles. The summed E-state index contributed by atoms with van der Waals surface area (Å²) in [4.78, 5) is 4.10. The van der Waals surface area contributed by atoms with Crippen LogP contribution in [0.5, 0.6) is 6.08 Å². The highest BCUT2D eigenvalue weighted by molar-refractivity contribution is 7.10. The summed E-state index contributed by atoms with van der Waals surface area (Å²) in [6.07, 6.45) is 0.0176. The van der Waals surface area contributed by atoms with E-state index in [2.05, 4.69) is 19.7 Å². The van der Waals surface area contributed by atoms with Crippen molar-refractivity contribution in [2.24, 2.45) is 0 Å². The van der Waals surface area contributed by atoms with Crippen molar-refractivity contribution in [3.8, 4) is 17.5 Å². The van der Waals surface area contributed by atoms with E-state index >= 15 is 0 Å². The minimum atomic E-state index is 0.0176. The maximum atomic E-state index is 6.05. The van der Waals surface area contributed by atoms with E-state index in [-0.39, 0.29) is 12.7 Å². The third-order valence-corrected chi connectivity index (χ3v) is 3.68. The van der Waals surface area contributed by atoms with Crippen molar-refractivity contribution in [2.45, 2.75) is 6.61 Å². The number of benzene rings is 1. The quantitative estimate of drug-likeness (QED) is 0.730. The number of nitrogens with zero attached hydrogens (tertiary/aromatic N) is 4. The summed E-state index contributed by atoms with van der Waals surface area (Å²) >= 11 is 13.0. The van der Waals surface area contributed by atoms with Crippen LogP contribution in [0.15, 0.2) is 28.8 Å². The Morgan fingerprint density at radius 3 is 2.85 bits per heavy atom. The van der Waals surface area contributed by atoms with Crippen LogP contribution in [0.25, 0.3) is 11.4 Å². The summed E-state index contributed by atoms with van der Waals surface area (Å²) in [6.45, 7) is 0.111. The third-order valence-electron chi connectivity index (χ3n) is 2.36. The lowest BCUT2D eigenvalue weighted by atomic mass is 10.2. The van der Waals surface area contributed by atoms with Gasteiger partial charge in [0.15, 0.2) is 0 Å². The fourth-order valence-electron chi connectivity index (χ4n) is 1.43. The van der Waals surface area contributed by atoms with Crippen LogP contribution in [0.3, 0.4) is 0 Å². The zero-order valence-corrected chi connectivity index (χ0v) is 12.1. The summed E-state index contributed by atoms with van der Waals surface area (Å²) in [5, 5.41) is 8.15. The van der Waals surface area contributed by atoms with E-state index < -0.39 is 0 Å². The Labute approximate surface area is 127 Å². The van der Waals surface area contributed by atoms with Crippen molar-refractivity contribution in [1.82, 2.24) is 19.7 Å². The molecule has 3 aromatic rings. The SMILES string of the molecule is Clc1ccccc1-c1noc(OCc2nnsc2Cl)n1. The molecule has 0 unspecified atom stereocenters. The lowest BCUT2D eigenvalue weighted by Crippen LogP contribution is -1.96. The van der Waals surface area contributed by atoms with Crippen molar-refractivity contribution in [3.05, 3.63) is 39.3 Å². The molecular formula is C11H6Cl2N4O2S. The molecule has 0 aliphatic heterocycles. The summed E-state index contributed by atoms with van der Waals surface area (Å²) in [5.74, 6) is 0.355. The van der Waals surface area contributed by atoms with E-state index in [1.807, 2.05) is 12.1 Å². The van der Waals surface area contributed by atoms with Gasteiger partial charge in [0, 0.05) is 17.1 Å². The van der Waals surface area contributed by atoms with Gasteiger partial charge in [0.2, 0.25) is 5.82 Å². The fourth-order valence-corrected chi connectivity index (χ4v) is 2.25. The van der Waals surface area contributed by atoms with Gasteiger partial charge < -0.3 is 4.74 Å². The minimum Gasteiger partial charge on any atom is -0.442 e. The molecular weight excluding hydrogens is 323 g/mol.